The summed E-state index contributed by atoms with van der Waals surface area (Å²) < 4.78 is 0. The molecule has 0 fully saturated rings. The maximum absolute atomic E-state index is 8.60. The first-order valence-corrected chi connectivity index (χ1v) is 6.94. The number of aryl methyl sites for hydroxylation is 1. The van der Waals surface area contributed by atoms with Gasteiger partial charge in [-0.25, -0.2) is 0 Å². The molecule has 0 atom stereocenters. The molecule has 0 radical (unpaired) electrons. The van der Waals surface area contributed by atoms with Crippen molar-refractivity contribution in [3.8, 4) is 0 Å². The summed E-state index contributed by atoms with van der Waals surface area (Å²) in [6.07, 6.45) is 0. The lowest BCUT2D eigenvalue weighted by molar-refractivity contribution is 0.318. The van der Waals surface area contributed by atoms with E-state index in [-0.39, 0.29) is 5.84 Å². The molecule has 98 valence electrons. The third-order valence-corrected chi connectivity index (χ3v) is 4.09. The number of rotatable bonds is 4. The third-order valence-electron chi connectivity index (χ3n) is 2.85. The fourth-order valence-electron chi connectivity index (χ4n) is 1.71. The van der Waals surface area contributed by atoms with Crippen LogP contribution < -0.4 is 5.73 Å². The Morgan fingerprint density at radius 3 is 2.47 bits per heavy atom. The standard InChI is InChI=1S/C15H16N2OS/c1-11-4-2-3-5-14(11)19-10-12-6-8-13(9-7-12)15(16)17-18/h2-9,18H,10H2,1H3,(H2,16,17). The van der Waals surface area contributed by atoms with E-state index in [4.69, 9.17) is 10.9 Å². The van der Waals surface area contributed by atoms with Crippen molar-refractivity contribution in [3.63, 3.8) is 0 Å². The van der Waals surface area contributed by atoms with E-state index in [1.807, 2.05) is 42.1 Å². The first kappa shape index (κ1) is 13.5. The molecule has 0 heterocycles. The quantitative estimate of drug-likeness (QED) is 0.295. The zero-order chi connectivity index (χ0) is 13.7. The van der Waals surface area contributed by atoms with Crippen LogP contribution in [0.4, 0.5) is 0 Å². The SMILES string of the molecule is Cc1ccccc1SCc1ccc(/C(N)=N/O)cc1. The van der Waals surface area contributed by atoms with E-state index < -0.39 is 0 Å². The smallest absolute Gasteiger partial charge is 0.170 e. The fraction of sp³-hybridized carbons (Fsp3) is 0.133. The van der Waals surface area contributed by atoms with Gasteiger partial charge in [0.1, 0.15) is 0 Å². The van der Waals surface area contributed by atoms with E-state index in [1.165, 1.54) is 16.0 Å². The molecule has 0 saturated carbocycles. The molecule has 4 heteroatoms. The molecular weight excluding hydrogens is 256 g/mol. The minimum Gasteiger partial charge on any atom is -0.409 e. The van der Waals surface area contributed by atoms with Gasteiger partial charge in [-0.15, -0.1) is 11.8 Å². The molecule has 0 bridgehead atoms. The van der Waals surface area contributed by atoms with Gasteiger partial charge in [0.05, 0.1) is 0 Å². The van der Waals surface area contributed by atoms with Gasteiger partial charge in [-0.3, -0.25) is 0 Å². The Hall–Kier alpha value is -1.94. The predicted molar refractivity (Wildman–Crippen MR) is 79.7 cm³/mol. The largest absolute Gasteiger partial charge is 0.409 e. The van der Waals surface area contributed by atoms with Gasteiger partial charge in [0.25, 0.3) is 0 Å². The van der Waals surface area contributed by atoms with Crippen molar-refractivity contribution in [1.29, 1.82) is 0 Å². The second kappa shape index (κ2) is 6.29. The van der Waals surface area contributed by atoms with Gasteiger partial charge in [0.2, 0.25) is 0 Å². The molecular formula is C15H16N2OS. The molecule has 3 N–H and O–H groups in total. The van der Waals surface area contributed by atoms with Gasteiger partial charge in [-0.2, -0.15) is 0 Å². The summed E-state index contributed by atoms with van der Waals surface area (Å²) >= 11 is 1.81. The van der Waals surface area contributed by atoms with Gasteiger partial charge in [0, 0.05) is 16.2 Å². The van der Waals surface area contributed by atoms with E-state index in [0.717, 1.165) is 11.3 Å². The van der Waals surface area contributed by atoms with Gasteiger partial charge < -0.3 is 10.9 Å². The van der Waals surface area contributed by atoms with Gasteiger partial charge >= 0.3 is 0 Å². The first-order chi connectivity index (χ1) is 9.20. The number of benzene rings is 2. The van der Waals surface area contributed by atoms with Crippen LogP contribution in [0.5, 0.6) is 0 Å². The van der Waals surface area contributed by atoms with Gasteiger partial charge in [-0.05, 0) is 24.1 Å². The number of oxime groups is 1. The molecule has 0 spiro atoms. The summed E-state index contributed by atoms with van der Waals surface area (Å²) in [5.41, 5.74) is 8.76. The Balaban J connectivity index is 2.03. The summed E-state index contributed by atoms with van der Waals surface area (Å²) in [6, 6.07) is 16.1. The number of hydrogen-bond donors (Lipinski definition) is 2. The number of nitrogens with two attached hydrogens (primary N) is 1. The summed E-state index contributed by atoms with van der Waals surface area (Å²) in [7, 11) is 0. The highest BCUT2D eigenvalue weighted by molar-refractivity contribution is 7.98. The molecule has 2 aromatic rings. The molecule has 2 rings (SSSR count). The molecule has 3 nitrogen and oxygen atoms in total. The normalized spacial score (nSPS) is 11.5. The first-order valence-electron chi connectivity index (χ1n) is 5.96. The van der Waals surface area contributed by atoms with Gasteiger partial charge in [-0.1, -0.05) is 47.6 Å². The Kier molecular flexibility index (Phi) is 4.47. The van der Waals surface area contributed by atoms with E-state index in [2.05, 4.69) is 30.3 Å². The zero-order valence-electron chi connectivity index (χ0n) is 10.7. The highest BCUT2D eigenvalue weighted by Gasteiger charge is 2.01. The number of amidine groups is 1. The van der Waals surface area contributed by atoms with E-state index in [0.29, 0.717) is 0 Å². The van der Waals surface area contributed by atoms with Crippen molar-refractivity contribution < 1.29 is 5.21 Å². The predicted octanol–water partition coefficient (Wildman–Crippen LogP) is 3.38. The lowest BCUT2D eigenvalue weighted by Crippen LogP contribution is -2.12. The molecule has 0 amide bonds. The molecule has 0 aromatic heterocycles. The lowest BCUT2D eigenvalue weighted by Gasteiger charge is -2.06. The number of hydrogen-bond acceptors (Lipinski definition) is 3. The van der Waals surface area contributed by atoms with Crippen LogP contribution in [0.15, 0.2) is 58.6 Å². The Labute approximate surface area is 117 Å². The summed E-state index contributed by atoms with van der Waals surface area (Å²) in [4.78, 5) is 1.29. The average Bonchev–Trinajstić information content (AvgIpc) is 2.46. The van der Waals surface area contributed by atoms with Gasteiger partial charge in [0.15, 0.2) is 5.84 Å². The van der Waals surface area contributed by atoms with Crippen molar-refractivity contribution in [3.05, 3.63) is 65.2 Å². The minimum absolute atomic E-state index is 0.137. The van der Waals surface area contributed by atoms with Crippen LogP contribution in [0.25, 0.3) is 0 Å². The minimum atomic E-state index is 0.137. The second-order valence-electron chi connectivity index (χ2n) is 4.24. The maximum Gasteiger partial charge on any atom is 0.170 e. The zero-order valence-corrected chi connectivity index (χ0v) is 11.5. The van der Waals surface area contributed by atoms with Crippen LogP contribution in [-0.2, 0) is 5.75 Å². The lowest BCUT2D eigenvalue weighted by atomic mass is 10.1. The maximum atomic E-state index is 8.60. The summed E-state index contributed by atoms with van der Waals surface area (Å²) in [6.45, 7) is 2.11. The van der Waals surface area contributed by atoms with Crippen molar-refractivity contribution >= 4 is 17.6 Å². The Bertz CT molecular complexity index is 579. The highest BCUT2D eigenvalue weighted by atomic mass is 32.2. The number of nitrogens with zero attached hydrogens (tertiary/aromatic N) is 1. The molecule has 19 heavy (non-hydrogen) atoms. The highest BCUT2D eigenvalue weighted by Crippen LogP contribution is 2.25. The second-order valence-corrected chi connectivity index (χ2v) is 5.25. The summed E-state index contributed by atoms with van der Waals surface area (Å²) in [5.74, 6) is 1.04. The molecule has 0 saturated heterocycles. The van der Waals surface area contributed by atoms with E-state index in [1.54, 1.807) is 0 Å². The molecule has 0 unspecified atom stereocenters. The van der Waals surface area contributed by atoms with E-state index in [9.17, 15) is 0 Å². The average molecular weight is 272 g/mol. The molecule has 0 aliphatic heterocycles. The monoisotopic (exact) mass is 272 g/mol. The van der Waals surface area contributed by atoms with E-state index >= 15 is 0 Å². The van der Waals surface area contributed by atoms with Crippen molar-refractivity contribution in [1.82, 2.24) is 0 Å². The van der Waals surface area contributed by atoms with Crippen molar-refractivity contribution in [2.24, 2.45) is 10.9 Å². The van der Waals surface area contributed by atoms with Crippen LogP contribution in [0.1, 0.15) is 16.7 Å². The summed E-state index contributed by atoms with van der Waals surface area (Å²) in [5, 5.41) is 11.6. The van der Waals surface area contributed by atoms with Crippen LogP contribution >= 0.6 is 11.8 Å². The van der Waals surface area contributed by atoms with Crippen LogP contribution in [0, 0.1) is 6.92 Å². The van der Waals surface area contributed by atoms with Crippen LogP contribution in [0.3, 0.4) is 0 Å². The van der Waals surface area contributed by atoms with Crippen molar-refractivity contribution in [2.75, 3.05) is 0 Å². The topological polar surface area (TPSA) is 58.6 Å². The number of thioether (sulfide) groups is 1. The fourth-order valence-corrected chi connectivity index (χ4v) is 2.69. The molecule has 0 aliphatic rings. The Morgan fingerprint density at radius 2 is 1.84 bits per heavy atom. The third kappa shape index (κ3) is 3.51. The van der Waals surface area contributed by atoms with Crippen LogP contribution in [-0.4, -0.2) is 11.0 Å². The molecule has 0 aliphatic carbocycles. The Morgan fingerprint density at radius 1 is 1.16 bits per heavy atom. The van der Waals surface area contributed by atoms with Crippen molar-refractivity contribution in [2.45, 2.75) is 17.6 Å². The molecule has 2 aromatic carbocycles. The van der Waals surface area contributed by atoms with Crippen LogP contribution in [0.2, 0.25) is 0 Å².